The van der Waals surface area contributed by atoms with Gasteiger partial charge in [0.15, 0.2) is 5.17 Å². The minimum Gasteiger partial charge on any atom is -0.379 e. The predicted octanol–water partition coefficient (Wildman–Crippen LogP) is -0.0509. The van der Waals surface area contributed by atoms with Crippen molar-refractivity contribution in [1.82, 2.24) is 0 Å². The third-order valence-electron chi connectivity index (χ3n) is 0.380. The maximum absolute atomic E-state index is 10.3. The molecule has 0 bridgehead atoms. The van der Waals surface area contributed by atoms with E-state index in [2.05, 4.69) is 0 Å². The van der Waals surface area contributed by atoms with Crippen LogP contribution in [0.2, 0.25) is 0 Å². The smallest absolute Gasteiger partial charge is 0.151 e. The molecule has 1 atom stereocenters. The summed E-state index contributed by atoms with van der Waals surface area (Å²) in [5, 5.41) is 7.15. The molecule has 0 aromatic carbocycles. The lowest BCUT2D eigenvalue weighted by Gasteiger charge is -1.91. The number of nitrogens with one attached hydrogen (secondary N) is 1. The van der Waals surface area contributed by atoms with Crippen molar-refractivity contribution in [3.63, 3.8) is 0 Å². The molecular weight excluding hydrogens is 144 g/mol. The second kappa shape index (κ2) is 3.91. The minimum atomic E-state index is -0.844. The molecule has 48 valence electrons. The number of rotatable bonds is 2. The molecule has 1 unspecified atom stereocenters. The van der Waals surface area contributed by atoms with Crippen LogP contribution in [0.4, 0.5) is 0 Å². The summed E-state index contributed by atoms with van der Waals surface area (Å²) in [6, 6.07) is 0. The van der Waals surface area contributed by atoms with E-state index in [-0.39, 0.29) is 5.17 Å². The van der Waals surface area contributed by atoms with Crippen molar-refractivity contribution in [3.8, 4) is 0 Å². The van der Waals surface area contributed by atoms with Crippen LogP contribution in [0.25, 0.3) is 0 Å². The van der Waals surface area contributed by atoms with Crippen LogP contribution in [0.5, 0.6) is 0 Å². The fourth-order valence-corrected chi connectivity index (χ4v) is 1.32. The van der Waals surface area contributed by atoms with Gasteiger partial charge in [0, 0.05) is 17.1 Å². The summed E-state index contributed by atoms with van der Waals surface area (Å²) in [5.41, 5.74) is 4.95. The van der Waals surface area contributed by atoms with E-state index in [9.17, 15) is 4.21 Å². The Labute approximate surface area is 55.0 Å². The standard InChI is InChI=1S/C3H8N2OS2/c1-8(6)2-7-3(4)5/h2H2,1H3,(H3,4,5). The van der Waals surface area contributed by atoms with Crippen LogP contribution in [0.3, 0.4) is 0 Å². The van der Waals surface area contributed by atoms with Crippen LogP contribution in [0.15, 0.2) is 0 Å². The van der Waals surface area contributed by atoms with Gasteiger partial charge in [0.05, 0.1) is 5.08 Å². The zero-order valence-electron chi connectivity index (χ0n) is 4.51. The van der Waals surface area contributed by atoms with Crippen LogP contribution < -0.4 is 5.73 Å². The molecule has 0 saturated heterocycles. The molecule has 0 aliphatic heterocycles. The van der Waals surface area contributed by atoms with E-state index < -0.39 is 10.8 Å². The third kappa shape index (κ3) is 5.97. The molecule has 3 nitrogen and oxygen atoms in total. The van der Waals surface area contributed by atoms with Gasteiger partial charge >= 0.3 is 0 Å². The molecule has 0 aliphatic rings. The first-order valence-corrected chi connectivity index (χ1v) is 4.61. The fraction of sp³-hybridized carbons (Fsp3) is 0.667. The second-order valence-corrected chi connectivity index (χ2v) is 4.02. The topological polar surface area (TPSA) is 66.9 Å². The molecule has 0 amide bonds. The summed E-state index contributed by atoms with van der Waals surface area (Å²) in [6.45, 7) is 0. The molecule has 0 heterocycles. The molecule has 0 saturated carbocycles. The Morgan fingerprint density at radius 3 is 2.62 bits per heavy atom. The summed E-state index contributed by atoms with van der Waals surface area (Å²) in [7, 11) is -0.844. The predicted molar refractivity (Wildman–Crippen MR) is 38.4 cm³/mol. The number of hydrogen-bond donors (Lipinski definition) is 2. The molecular formula is C3H8N2OS2. The lowest BCUT2D eigenvalue weighted by atomic mass is 11.4. The number of hydrogen-bond acceptors (Lipinski definition) is 3. The fourth-order valence-electron chi connectivity index (χ4n) is 0.146. The Kier molecular flexibility index (Phi) is 3.90. The van der Waals surface area contributed by atoms with Gasteiger partial charge in [-0.3, -0.25) is 9.62 Å². The van der Waals surface area contributed by atoms with Crippen molar-refractivity contribution in [1.29, 1.82) is 5.41 Å². The third-order valence-corrected chi connectivity index (χ3v) is 2.49. The largest absolute Gasteiger partial charge is 0.379 e. The quantitative estimate of drug-likeness (QED) is 0.430. The van der Waals surface area contributed by atoms with Crippen molar-refractivity contribution >= 4 is 27.7 Å². The molecule has 8 heavy (non-hydrogen) atoms. The van der Waals surface area contributed by atoms with Crippen LogP contribution in [0, 0.1) is 5.41 Å². The summed E-state index contributed by atoms with van der Waals surface area (Å²) in [6.07, 6.45) is 1.58. The van der Waals surface area contributed by atoms with Gasteiger partial charge < -0.3 is 5.73 Å². The summed E-state index contributed by atoms with van der Waals surface area (Å²) in [4.78, 5) is 0. The van der Waals surface area contributed by atoms with E-state index >= 15 is 0 Å². The maximum Gasteiger partial charge on any atom is 0.151 e. The molecule has 0 spiro atoms. The lowest BCUT2D eigenvalue weighted by Crippen LogP contribution is -2.05. The Bertz CT molecular complexity index is 99.9. The van der Waals surface area contributed by atoms with E-state index in [4.69, 9.17) is 11.1 Å². The van der Waals surface area contributed by atoms with Crippen molar-refractivity contribution in [2.24, 2.45) is 5.73 Å². The summed E-state index contributed by atoms with van der Waals surface area (Å²) < 4.78 is 10.3. The highest BCUT2D eigenvalue weighted by molar-refractivity contribution is 8.20. The summed E-state index contributed by atoms with van der Waals surface area (Å²) in [5.74, 6) is 0. The number of amidine groups is 1. The highest BCUT2D eigenvalue weighted by atomic mass is 32.2. The number of thioether (sulfide) groups is 1. The molecule has 0 fully saturated rings. The Hall–Kier alpha value is -0.0300. The van der Waals surface area contributed by atoms with Gasteiger partial charge in [0.25, 0.3) is 0 Å². The Morgan fingerprint density at radius 1 is 2.00 bits per heavy atom. The highest BCUT2D eigenvalue weighted by Gasteiger charge is 1.91. The zero-order chi connectivity index (χ0) is 6.57. The normalized spacial score (nSPS) is 13.1. The SMILES string of the molecule is CS(=O)CSC(=N)N. The van der Waals surface area contributed by atoms with Crippen molar-refractivity contribution in [2.75, 3.05) is 11.3 Å². The molecule has 0 aromatic rings. The molecule has 0 aliphatic carbocycles. The van der Waals surface area contributed by atoms with E-state index in [1.165, 1.54) is 0 Å². The molecule has 0 radical (unpaired) electrons. The van der Waals surface area contributed by atoms with Gasteiger partial charge in [-0.05, 0) is 0 Å². The molecule has 5 heteroatoms. The lowest BCUT2D eigenvalue weighted by molar-refractivity contribution is 0.689. The zero-order valence-corrected chi connectivity index (χ0v) is 6.14. The number of nitrogens with two attached hydrogens (primary N) is 1. The average molecular weight is 152 g/mol. The first kappa shape index (κ1) is 7.97. The van der Waals surface area contributed by atoms with Crippen LogP contribution in [0.1, 0.15) is 0 Å². The van der Waals surface area contributed by atoms with Crippen molar-refractivity contribution in [3.05, 3.63) is 0 Å². The van der Waals surface area contributed by atoms with Crippen molar-refractivity contribution < 1.29 is 4.21 Å². The first-order chi connectivity index (χ1) is 3.63. The average Bonchev–Trinajstić information content (AvgIpc) is 1.61. The summed E-state index contributed by atoms with van der Waals surface area (Å²) >= 11 is 1.10. The van der Waals surface area contributed by atoms with Gasteiger partial charge in [-0.2, -0.15) is 0 Å². The molecule has 0 rings (SSSR count). The van der Waals surface area contributed by atoms with Crippen LogP contribution in [-0.4, -0.2) is 20.7 Å². The van der Waals surface area contributed by atoms with E-state index in [1.54, 1.807) is 6.26 Å². The maximum atomic E-state index is 10.3. The van der Waals surface area contributed by atoms with Gasteiger partial charge in [0.1, 0.15) is 0 Å². The first-order valence-electron chi connectivity index (χ1n) is 1.90. The van der Waals surface area contributed by atoms with Gasteiger partial charge in [-0.1, -0.05) is 11.8 Å². The van der Waals surface area contributed by atoms with E-state index in [1.807, 2.05) is 0 Å². The monoisotopic (exact) mass is 152 g/mol. The second-order valence-electron chi connectivity index (χ2n) is 1.20. The molecule has 0 aromatic heterocycles. The van der Waals surface area contributed by atoms with Gasteiger partial charge in [0.2, 0.25) is 0 Å². The minimum absolute atomic E-state index is 0.0280. The Morgan fingerprint density at radius 2 is 2.50 bits per heavy atom. The highest BCUT2D eigenvalue weighted by Crippen LogP contribution is 1.97. The van der Waals surface area contributed by atoms with Crippen molar-refractivity contribution in [2.45, 2.75) is 0 Å². The molecule has 3 N–H and O–H groups in total. The van der Waals surface area contributed by atoms with E-state index in [0.717, 1.165) is 11.8 Å². The van der Waals surface area contributed by atoms with Crippen LogP contribution in [-0.2, 0) is 10.8 Å². The van der Waals surface area contributed by atoms with Crippen LogP contribution >= 0.6 is 11.8 Å². The van der Waals surface area contributed by atoms with E-state index in [0.29, 0.717) is 5.08 Å². The Balaban J connectivity index is 3.18. The van der Waals surface area contributed by atoms with Gasteiger partial charge in [-0.15, -0.1) is 0 Å². The van der Waals surface area contributed by atoms with Gasteiger partial charge in [-0.25, -0.2) is 0 Å².